The Balaban J connectivity index is 1.92. The van der Waals surface area contributed by atoms with Crippen molar-refractivity contribution in [1.29, 1.82) is 0 Å². The molecule has 2 N–H and O–H groups in total. The molecule has 1 aromatic heterocycles. The van der Waals surface area contributed by atoms with Gasteiger partial charge in [0.1, 0.15) is 0 Å². The molecule has 100 valence electrons. The molecule has 0 fully saturated rings. The summed E-state index contributed by atoms with van der Waals surface area (Å²) in [6.45, 7) is 5.17. The van der Waals surface area contributed by atoms with E-state index in [1.807, 2.05) is 0 Å². The average molecular weight is 255 g/mol. The lowest BCUT2D eigenvalue weighted by Gasteiger charge is -2.15. The predicted octanol–water partition coefficient (Wildman–Crippen LogP) is 2.88. The first kappa shape index (κ1) is 12.4. The number of nitrogens with zero attached hydrogens (tertiary/aromatic N) is 2. The highest BCUT2D eigenvalue weighted by atomic mass is 15.3. The van der Waals surface area contributed by atoms with Crippen molar-refractivity contribution in [2.24, 2.45) is 5.73 Å². The molecule has 0 amide bonds. The van der Waals surface area contributed by atoms with Gasteiger partial charge in [-0.05, 0) is 55.4 Å². The highest BCUT2D eigenvalue weighted by Gasteiger charge is 2.20. The van der Waals surface area contributed by atoms with E-state index < -0.39 is 0 Å². The van der Waals surface area contributed by atoms with E-state index in [0.29, 0.717) is 0 Å². The SMILES string of the molecule is Cc1cccc(C)c1Cn1cc2c(n1)[C@@H](N)CCC2. The largest absolute Gasteiger partial charge is 0.323 e. The van der Waals surface area contributed by atoms with E-state index >= 15 is 0 Å². The van der Waals surface area contributed by atoms with Gasteiger partial charge >= 0.3 is 0 Å². The molecule has 1 atom stereocenters. The van der Waals surface area contributed by atoms with Crippen molar-refractivity contribution in [2.45, 2.75) is 45.7 Å². The molecule has 0 unspecified atom stereocenters. The monoisotopic (exact) mass is 255 g/mol. The highest BCUT2D eigenvalue weighted by Crippen LogP contribution is 2.27. The van der Waals surface area contributed by atoms with Crippen molar-refractivity contribution in [3.63, 3.8) is 0 Å². The minimum atomic E-state index is 0.128. The summed E-state index contributed by atoms with van der Waals surface area (Å²) >= 11 is 0. The number of benzene rings is 1. The molecule has 19 heavy (non-hydrogen) atoms. The molecule has 0 bridgehead atoms. The third kappa shape index (κ3) is 2.30. The van der Waals surface area contributed by atoms with Gasteiger partial charge < -0.3 is 5.73 Å². The molecule has 3 heteroatoms. The molecule has 1 aromatic carbocycles. The molecular weight excluding hydrogens is 234 g/mol. The normalized spacial score (nSPS) is 18.4. The van der Waals surface area contributed by atoms with E-state index in [-0.39, 0.29) is 6.04 Å². The van der Waals surface area contributed by atoms with Crippen LogP contribution in [0.2, 0.25) is 0 Å². The topological polar surface area (TPSA) is 43.8 Å². The van der Waals surface area contributed by atoms with Gasteiger partial charge in [0, 0.05) is 12.2 Å². The Hall–Kier alpha value is -1.61. The van der Waals surface area contributed by atoms with Crippen LogP contribution in [0.5, 0.6) is 0 Å². The van der Waals surface area contributed by atoms with Crippen LogP contribution >= 0.6 is 0 Å². The Morgan fingerprint density at radius 2 is 2.05 bits per heavy atom. The molecule has 1 aliphatic rings. The van der Waals surface area contributed by atoms with E-state index in [1.54, 1.807) is 0 Å². The number of nitrogens with two attached hydrogens (primary N) is 1. The van der Waals surface area contributed by atoms with Crippen molar-refractivity contribution in [2.75, 3.05) is 0 Å². The van der Waals surface area contributed by atoms with Gasteiger partial charge in [0.15, 0.2) is 0 Å². The zero-order chi connectivity index (χ0) is 13.4. The molecule has 1 aliphatic carbocycles. The molecule has 0 saturated carbocycles. The summed E-state index contributed by atoms with van der Waals surface area (Å²) in [7, 11) is 0. The number of aromatic nitrogens is 2. The van der Waals surface area contributed by atoms with Crippen LogP contribution in [0.25, 0.3) is 0 Å². The third-order valence-corrected chi connectivity index (χ3v) is 4.15. The first-order valence-corrected chi connectivity index (χ1v) is 7.02. The summed E-state index contributed by atoms with van der Waals surface area (Å²) in [6.07, 6.45) is 5.55. The molecule has 3 rings (SSSR count). The van der Waals surface area contributed by atoms with E-state index in [1.165, 1.54) is 28.7 Å². The van der Waals surface area contributed by atoms with Crippen LogP contribution in [0, 0.1) is 13.8 Å². The lowest BCUT2D eigenvalue weighted by atomic mass is 9.95. The maximum Gasteiger partial charge on any atom is 0.0823 e. The summed E-state index contributed by atoms with van der Waals surface area (Å²) in [5.74, 6) is 0. The molecule has 3 nitrogen and oxygen atoms in total. The van der Waals surface area contributed by atoms with Gasteiger partial charge in [-0.25, -0.2) is 0 Å². The van der Waals surface area contributed by atoms with Gasteiger partial charge in [-0.1, -0.05) is 18.2 Å². The molecule has 0 aliphatic heterocycles. The van der Waals surface area contributed by atoms with Gasteiger partial charge in [0.25, 0.3) is 0 Å². The average Bonchev–Trinajstić information content (AvgIpc) is 2.78. The molecule has 0 radical (unpaired) electrons. The summed E-state index contributed by atoms with van der Waals surface area (Å²) in [5, 5.41) is 4.70. The second-order valence-electron chi connectivity index (χ2n) is 5.61. The second-order valence-corrected chi connectivity index (χ2v) is 5.61. The van der Waals surface area contributed by atoms with E-state index in [9.17, 15) is 0 Å². The number of fused-ring (bicyclic) bond motifs is 1. The first-order chi connectivity index (χ1) is 9.15. The quantitative estimate of drug-likeness (QED) is 0.896. The number of aryl methyl sites for hydroxylation is 3. The third-order valence-electron chi connectivity index (χ3n) is 4.15. The second kappa shape index (κ2) is 4.82. The highest BCUT2D eigenvalue weighted by molar-refractivity contribution is 5.34. The fourth-order valence-electron chi connectivity index (χ4n) is 2.97. The zero-order valence-electron chi connectivity index (χ0n) is 11.7. The number of hydrogen-bond acceptors (Lipinski definition) is 2. The Labute approximate surface area is 114 Å². The predicted molar refractivity (Wildman–Crippen MR) is 77.1 cm³/mol. The van der Waals surface area contributed by atoms with Crippen molar-refractivity contribution in [3.8, 4) is 0 Å². The van der Waals surface area contributed by atoms with Crippen LogP contribution in [0.1, 0.15) is 46.8 Å². The lowest BCUT2D eigenvalue weighted by Crippen LogP contribution is -2.17. The minimum Gasteiger partial charge on any atom is -0.323 e. The Morgan fingerprint density at radius 3 is 2.74 bits per heavy atom. The lowest BCUT2D eigenvalue weighted by molar-refractivity contribution is 0.549. The minimum absolute atomic E-state index is 0.128. The van der Waals surface area contributed by atoms with Crippen LogP contribution in [-0.2, 0) is 13.0 Å². The fourth-order valence-corrected chi connectivity index (χ4v) is 2.97. The summed E-state index contributed by atoms with van der Waals surface area (Å²) < 4.78 is 2.06. The van der Waals surface area contributed by atoms with Crippen LogP contribution in [0.3, 0.4) is 0 Å². The van der Waals surface area contributed by atoms with E-state index in [4.69, 9.17) is 10.8 Å². The Kier molecular flexibility index (Phi) is 3.15. The van der Waals surface area contributed by atoms with E-state index in [2.05, 4.69) is 42.9 Å². The molecule has 0 spiro atoms. The molecule has 0 saturated heterocycles. The van der Waals surface area contributed by atoms with Crippen molar-refractivity contribution in [3.05, 3.63) is 52.3 Å². The molecule has 2 aromatic rings. The number of hydrogen-bond donors (Lipinski definition) is 1. The van der Waals surface area contributed by atoms with Gasteiger partial charge in [-0.2, -0.15) is 5.10 Å². The maximum absolute atomic E-state index is 6.14. The zero-order valence-corrected chi connectivity index (χ0v) is 11.7. The van der Waals surface area contributed by atoms with Crippen molar-refractivity contribution < 1.29 is 0 Å². The van der Waals surface area contributed by atoms with Crippen LogP contribution in [0.4, 0.5) is 0 Å². The van der Waals surface area contributed by atoms with Gasteiger partial charge in [-0.15, -0.1) is 0 Å². The molecular formula is C16H21N3. The number of rotatable bonds is 2. The van der Waals surface area contributed by atoms with E-state index in [0.717, 1.165) is 25.1 Å². The van der Waals surface area contributed by atoms with Crippen molar-refractivity contribution >= 4 is 0 Å². The van der Waals surface area contributed by atoms with Crippen LogP contribution in [-0.4, -0.2) is 9.78 Å². The summed E-state index contributed by atoms with van der Waals surface area (Å²) in [4.78, 5) is 0. The summed E-state index contributed by atoms with van der Waals surface area (Å²) in [6, 6.07) is 6.57. The van der Waals surface area contributed by atoms with Crippen molar-refractivity contribution in [1.82, 2.24) is 9.78 Å². The Morgan fingerprint density at radius 1 is 1.32 bits per heavy atom. The first-order valence-electron chi connectivity index (χ1n) is 7.02. The molecule has 1 heterocycles. The Bertz CT molecular complexity index is 578. The van der Waals surface area contributed by atoms with Crippen LogP contribution in [0.15, 0.2) is 24.4 Å². The van der Waals surface area contributed by atoms with Crippen LogP contribution < -0.4 is 5.73 Å². The standard InChI is InChI=1S/C16H21N3/c1-11-5-3-6-12(2)14(11)10-19-9-13-7-4-8-15(17)16(13)18-19/h3,5-6,9,15H,4,7-8,10,17H2,1-2H3/t15-/m0/s1. The smallest absolute Gasteiger partial charge is 0.0823 e. The van der Waals surface area contributed by atoms with Gasteiger partial charge in [0.05, 0.1) is 12.2 Å². The van der Waals surface area contributed by atoms with Gasteiger partial charge in [-0.3, -0.25) is 4.68 Å². The summed E-state index contributed by atoms with van der Waals surface area (Å²) in [5.41, 5.74) is 12.6. The van der Waals surface area contributed by atoms with Gasteiger partial charge in [0.2, 0.25) is 0 Å². The maximum atomic E-state index is 6.14. The fraction of sp³-hybridized carbons (Fsp3) is 0.438.